The van der Waals surface area contributed by atoms with Gasteiger partial charge in [0.1, 0.15) is 11.4 Å². The minimum absolute atomic E-state index is 0.269. The average Bonchev–Trinajstić information content (AvgIpc) is 2.90. The maximum absolute atomic E-state index is 13.6. The maximum atomic E-state index is 13.6. The smallest absolute Gasteiger partial charge is 0.293 e. The molecule has 116 valence electrons. The number of nitrogens with two attached hydrogens (primary N) is 1. The molecule has 0 bridgehead atoms. The summed E-state index contributed by atoms with van der Waals surface area (Å²) in [5.41, 5.74) is 5.78. The molecule has 1 aromatic rings. The Hall–Kier alpha value is -1.66. The molecule has 3 rings (SSSR count). The standard InChI is InChI=1S/C10H11FN2O.C5H10O2/c11-9-5-7(12)1-2-8(9)10-6-13(10)3-4-14-10;1-5(2,3)7-4-6/h1-2,5H,3-4,6,12H2;4H,1-3H3. The van der Waals surface area contributed by atoms with E-state index >= 15 is 0 Å². The molecule has 2 unspecified atom stereocenters. The zero-order valence-electron chi connectivity index (χ0n) is 12.6. The molecule has 6 heteroatoms. The van der Waals surface area contributed by atoms with Gasteiger partial charge in [-0.2, -0.15) is 0 Å². The lowest BCUT2D eigenvalue weighted by molar-refractivity contribution is -0.138. The van der Waals surface area contributed by atoms with Crippen molar-refractivity contribution in [2.24, 2.45) is 0 Å². The number of halogens is 1. The van der Waals surface area contributed by atoms with E-state index in [2.05, 4.69) is 9.64 Å². The molecule has 0 radical (unpaired) electrons. The summed E-state index contributed by atoms with van der Waals surface area (Å²) in [6.45, 7) is 8.30. The third-order valence-corrected chi connectivity index (χ3v) is 3.33. The van der Waals surface area contributed by atoms with Crippen molar-refractivity contribution in [3.05, 3.63) is 29.6 Å². The fraction of sp³-hybridized carbons (Fsp3) is 0.533. The molecule has 2 aliphatic rings. The predicted octanol–water partition coefficient (Wildman–Crippen LogP) is 1.86. The Morgan fingerprint density at radius 1 is 1.48 bits per heavy atom. The summed E-state index contributed by atoms with van der Waals surface area (Å²) in [5.74, 6) is -0.269. The van der Waals surface area contributed by atoms with Crippen LogP contribution in [0.2, 0.25) is 0 Å². The van der Waals surface area contributed by atoms with Gasteiger partial charge in [-0.05, 0) is 39.0 Å². The van der Waals surface area contributed by atoms with Crippen LogP contribution in [-0.2, 0) is 20.0 Å². The van der Waals surface area contributed by atoms with Gasteiger partial charge < -0.3 is 15.2 Å². The van der Waals surface area contributed by atoms with Gasteiger partial charge in [-0.15, -0.1) is 0 Å². The number of nitrogens with zero attached hydrogens (tertiary/aromatic N) is 1. The first-order valence-corrected chi connectivity index (χ1v) is 6.84. The minimum Gasteiger partial charge on any atom is -0.462 e. The third kappa shape index (κ3) is 3.51. The largest absolute Gasteiger partial charge is 0.462 e. The number of benzene rings is 1. The first-order valence-electron chi connectivity index (χ1n) is 6.84. The average molecular weight is 296 g/mol. The molecule has 0 amide bonds. The van der Waals surface area contributed by atoms with Gasteiger partial charge in [0.2, 0.25) is 0 Å². The van der Waals surface area contributed by atoms with Gasteiger partial charge in [0.25, 0.3) is 6.47 Å². The molecule has 5 nitrogen and oxygen atoms in total. The second-order valence-corrected chi connectivity index (χ2v) is 6.12. The number of fused-ring (bicyclic) bond motifs is 1. The van der Waals surface area contributed by atoms with Crippen LogP contribution in [-0.4, -0.2) is 36.7 Å². The van der Waals surface area contributed by atoms with E-state index in [0.717, 1.165) is 13.1 Å². The van der Waals surface area contributed by atoms with E-state index in [1.807, 2.05) is 20.8 Å². The van der Waals surface area contributed by atoms with Crippen LogP contribution in [0.5, 0.6) is 0 Å². The summed E-state index contributed by atoms with van der Waals surface area (Å²) in [6.07, 6.45) is 0. The van der Waals surface area contributed by atoms with E-state index in [-0.39, 0.29) is 11.4 Å². The molecule has 2 fully saturated rings. The number of hydrogen-bond acceptors (Lipinski definition) is 5. The van der Waals surface area contributed by atoms with Crippen molar-refractivity contribution in [1.29, 1.82) is 0 Å². The number of carbonyl (C=O) groups is 1. The highest BCUT2D eigenvalue weighted by atomic mass is 19.1. The topological polar surface area (TPSA) is 64.6 Å². The summed E-state index contributed by atoms with van der Waals surface area (Å²) in [5, 5.41) is 0. The van der Waals surface area contributed by atoms with Crippen molar-refractivity contribution in [2.45, 2.75) is 32.1 Å². The van der Waals surface area contributed by atoms with Gasteiger partial charge in [0.15, 0.2) is 5.72 Å². The number of carbonyl (C=O) groups excluding carboxylic acids is 1. The molecular formula is C15H21FN2O3. The van der Waals surface area contributed by atoms with Crippen molar-refractivity contribution < 1.29 is 18.7 Å². The Balaban J connectivity index is 0.000000199. The molecule has 2 aliphatic heterocycles. The van der Waals surface area contributed by atoms with Crippen molar-refractivity contribution in [3.63, 3.8) is 0 Å². The number of morpholine rings is 1. The number of nitrogen functional groups attached to an aromatic ring is 1. The highest BCUT2D eigenvalue weighted by Gasteiger charge is 2.59. The van der Waals surface area contributed by atoms with Crippen molar-refractivity contribution in [1.82, 2.24) is 4.90 Å². The second kappa shape index (κ2) is 5.61. The first-order chi connectivity index (χ1) is 9.78. The predicted molar refractivity (Wildman–Crippen MR) is 76.9 cm³/mol. The highest BCUT2D eigenvalue weighted by Crippen LogP contribution is 2.48. The van der Waals surface area contributed by atoms with Crippen molar-refractivity contribution in [3.8, 4) is 0 Å². The highest BCUT2D eigenvalue weighted by molar-refractivity contribution is 5.43. The normalized spacial score (nSPS) is 26.4. The molecule has 1 aromatic carbocycles. The van der Waals surface area contributed by atoms with Gasteiger partial charge in [-0.3, -0.25) is 9.69 Å². The van der Waals surface area contributed by atoms with E-state index in [0.29, 0.717) is 24.3 Å². The fourth-order valence-corrected chi connectivity index (χ4v) is 2.27. The van der Waals surface area contributed by atoms with Gasteiger partial charge in [-0.25, -0.2) is 4.39 Å². The lowest BCUT2D eigenvalue weighted by Gasteiger charge is -2.14. The summed E-state index contributed by atoms with van der Waals surface area (Å²) in [6, 6.07) is 4.78. The molecule has 0 aliphatic carbocycles. The zero-order valence-corrected chi connectivity index (χ0v) is 12.6. The number of rotatable bonds is 2. The van der Waals surface area contributed by atoms with Gasteiger partial charge in [0, 0.05) is 24.3 Å². The van der Waals surface area contributed by atoms with Crippen LogP contribution >= 0.6 is 0 Å². The Bertz CT molecular complexity index is 530. The molecule has 0 spiro atoms. The molecule has 2 saturated heterocycles. The summed E-state index contributed by atoms with van der Waals surface area (Å²) in [4.78, 5) is 11.7. The Morgan fingerprint density at radius 2 is 2.19 bits per heavy atom. The fourth-order valence-electron chi connectivity index (χ4n) is 2.27. The van der Waals surface area contributed by atoms with E-state index in [4.69, 9.17) is 10.5 Å². The number of anilines is 1. The quantitative estimate of drug-likeness (QED) is 0.513. The minimum atomic E-state index is -0.461. The third-order valence-electron chi connectivity index (χ3n) is 3.33. The maximum Gasteiger partial charge on any atom is 0.293 e. The zero-order chi connectivity index (χ0) is 15.7. The Labute approximate surface area is 123 Å². The molecule has 2 N–H and O–H groups in total. The first kappa shape index (κ1) is 15.7. The molecular weight excluding hydrogens is 275 g/mol. The molecule has 2 atom stereocenters. The molecule has 21 heavy (non-hydrogen) atoms. The molecule has 2 heterocycles. The van der Waals surface area contributed by atoms with E-state index in [1.54, 1.807) is 12.1 Å². The van der Waals surface area contributed by atoms with E-state index in [1.165, 1.54) is 6.07 Å². The van der Waals surface area contributed by atoms with E-state index < -0.39 is 5.72 Å². The monoisotopic (exact) mass is 296 g/mol. The summed E-state index contributed by atoms with van der Waals surface area (Å²) in [7, 11) is 0. The summed E-state index contributed by atoms with van der Waals surface area (Å²) < 4.78 is 23.7. The van der Waals surface area contributed by atoms with Crippen molar-refractivity contribution >= 4 is 12.2 Å². The van der Waals surface area contributed by atoms with E-state index in [9.17, 15) is 9.18 Å². The van der Waals surface area contributed by atoms with Gasteiger partial charge in [0.05, 0.1) is 6.61 Å². The lowest BCUT2D eigenvalue weighted by Crippen LogP contribution is -2.17. The number of ether oxygens (including phenoxy) is 2. The van der Waals surface area contributed by atoms with Crippen LogP contribution in [0.4, 0.5) is 10.1 Å². The van der Waals surface area contributed by atoms with Crippen LogP contribution in [0.3, 0.4) is 0 Å². The van der Waals surface area contributed by atoms with Crippen LogP contribution in [0.1, 0.15) is 26.3 Å². The SMILES string of the molecule is CC(C)(C)OC=O.Nc1ccc(C23CN2CCO3)c(F)c1. The van der Waals surface area contributed by atoms with Crippen LogP contribution < -0.4 is 5.73 Å². The molecule has 0 saturated carbocycles. The Morgan fingerprint density at radius 3 is 2.57 bits per heavy atom. The van der Waals surface area contributed by atoms with Gasteiger partial charge >= 0.3 is 0 Å². The summed E-state index contributed by atoms with van der Waals surface area (Å²) >= 11 is 0. The lowest BCUT2D eigenvalue weighted by atomic mass is 10.1. The Kier molecular flexibility index (Phi) is 4.20. The number of hydrogen-bond donors (Lipinski definition) is 1. The van der Waals surface area contributed by atoms with Crippen LogP contribution in [0, 0.1) is 5.82 Å². The van der Waals surface area contributed by atoms with Gasteiger partial charge in [-0.1, -0.05) is 0 Å². The second-order valence-electron chi connectivity index (χ2n) is 6.12. The van der Waals surface area contributed by atoms with Crippen molar-refractivity contribution in [2.75, 3.05) is 25.4 Å². The van der Waals surface area contributed by atoms with Crippen LogP contribution in [0.25, 0.3) is 0 Å². The molecule has 0 aromatic heterocycles. The van der Waals surface area contributed by atoms with Crippen LogP contribution in [0.15, 0.2) is 18.2 Å².